The molecule has 8 nitrogen and oxygen atoms in total. The molecule has 0 N–H and O–H groups in total. The van der Waals surface area contributed by atoms with Crippen LogP contribution in [-0.2, 0) is 28.6 Å². The van der Waals surface area contributed by atoms with E-state index in [1.165, 1.54) is 12.8 Å². The number of hydrogen-bond acceptors (Lipinski definition) is 7. The fraction of sp³-hybridized carbons (Fsp3) is 0.656. The average molecular weight is 564 g/mol. The second-order valence-electron chi connectivity index (χ2n) is 10.6. The molecule has 0 saturated heterocycles. The largest absolute Gasteiger partial charge is 0.544 e. The Morgan fingerprint density at radius 1 is 0.800 bits per heavy atom. The van der Waals surface area contributed by atoms with Crippen LogP contribution < -0.4 is 5.11 Å². The summed E-state index contributed by atoms with van der Waals surface area (Å²) in [4.78, 5) is 36.1. The number of carboxylic acid groups (broad SMARTS) is 1. The zero-order chi connectivity index (χ0) is 30.1. The normalized spacial score (nSPS) is 13.9. The summed E-state index contributed by atoms with van der Waals surface area (Å²) in [6.07, 6.45) is 23.6. The van der Waals surface area contributed by atoms with Gasteiger partial charge in [-0.1, -0.05) is 75.3 Å². The second-order valence-corrected chi connectivity index (χ2v) is 10.6. The first kappa shape index (κ1) is 37.3. The number of likely N-dealkylation sites (N-methyl/N-ethyl adjacent to an activating group) is 1. The molecule has 0 rings (SSSR count). The first-order valence-corrected chi connectivity index (χ1v) is 14.7. The molecule has 0 aromatic carbocycles. The Bertz CT molecular complexity index is 809. The smallest absolute Gasteiger partial charge is 0.309 e. The molecular weight excluding hydrogens is 510 g/mol. The molecule has 0 radical (unpaired) electrons. The maximum Gasteiger partial charge on any atom is 0.309 e. The number of esters is 2. The van der Waals surface area contributed by atoms with Gasteiger partial charge in [-0.15, -0.1) is 0 Å². The van der Waals surface area contributed by atoms with E-state index in [1.807, 2.05) is 18.2 Å². The lowest BCUT2D eigenvalue weighted by atomic mass is 10.1. The number of aliphatic carboxylic acids is 1. The standard InChI is InChI=1S/C32H53NO7/c1-6-8-10-12-14-15-17-18-20-22-30(34)39-27-28(26-38-25-24-29(32(36)37)33(3,4)5)40-31(35)23-21-19-16-13-11-9-7-2/h8,10,14-16,18-20,28-29H,6-7,9,11-13,17,21-27H2,1-5H3/b10-8+,15-14+,19-16+,20-18+. The van der Waals surface area contributed by atoms with Gasteiger partial charge >= 0.3 is 11.9 Å². The second kappa shape index (κ2) is 24.1. The molecule has 40 heavy (non-hydrogen) atoms. The molecule has 0 amide bonds. The number of carboxylic acids is 1. The van der Waals surface area contributed by atoms with E-state index in [0.717, 1.165) is 32.1 Å². The van der Waals surface area contributed by atoms with Crippen LogP contribution in [0.2, 0.25) is 0 Å². The van der Waals surface area contributed by atoms with Crippen LogP contribution in [0, 0.1) is 0 Å². The lowest BCUT2D eigenvalue weighted by Gasteiger charge is -2.34. The molecule has 0 bridgehead atoms. The Labute approximate surface area is 242 Å². The van der Waals surface area contributed by atoms with Crippen LogP contribution >= 0.6 is 0 Å². The molecule has 0 fully saturated rings. The van der Waals surface area contributed by atoms with Crippen molar-refractivity contribution in [3.8, 4) is 0 Å². The van der Waals surface area contributed by atoms with Crippen LogP contribution in [0.1, 0.15) is 84.5 Å². The van der Waals surface area contributed by atoms with Gasteiger partial charge in [-0.2, -0.15) is 0 Å². The Hall–Kier alpha value is -2.71. The van der Waals surface area contributed by atoms with Gasteiger partial charge in [-0.05, 0) is 38.5 Å². The molecule has 2 unspecified atom stereocenters. The SMILES string of the molecule is CC/C=C/C/C=C/C/C=C/CC(=O)OCC(COCCC(C(=O)[O-])[N+](C)(C)C)OC(=O)CC/C=C/CCCCC. The summed E-state index contributed by atoms with van der Waals surface area (Å²) in [6.45, 7) is 4.26. The van der Waals surface area contributed by atoms with Crippen molar-refractivity contribution in [2.75, 3.05) is 41.0 Å². The first-order valence-electron chi connectivity index (χ1n) is 14.7. The van der Waals surface area contributed by atoms with E-state index in [-0.39, 0.29) is 43.6 Å². The molecule has 2 atom stereocenters. The molecule has 0 spiro atoms. The highest BCUT2D eigenvalue weighted by Gasteiger charge is 2.25. The monoisotopic (exact) mass is 563 g/mol. The van der Waals surface area contributed by atoms with Gasteiger partial charge < -0.3 is 28.6 Å². The first-order chi connectivity index (χ1) is 19.1. The fourth-order valence-electron chi connectivity index (χ4n) is 3.67. The maximum atomic E-state index is 12.4. The molecule has 0 aromatic rings. The Morgan fingerprint density at radius 3 is 2.08 bits per heavy atom. The minimum Gasteiger partial charge on any atom is -0.544 e. The summed E-state index contributed by atoms with van der Waals surface area (Å²) in [5.41, 5.74) is 0. The van der Waals surface area contributed by atoms with Crippen LogP contribution in [0.5, 0.6) is 0 Å². The third kappa shape index (κ3) is 22.1. The van der Waals surface area contributed by atoms with E-state index in [1.54, 1.807) is 27.2 Å². The number of allylic oxidation sites excluding steroid dienone is 7. The number of unbranched alkanes of at least 4 members (excludes halogenated alkanes) is 3. The quantitative estimate of drug-likeness (QED) is 0.0717. The zero-order valence-corrected chi connectivity index (χ0v) is 25.5. The van der Waals surface area contributed by atoms with Crippen molar-refractivity contribution >= 4 is 17.9 Å². The molecule has 228 valence electrons. The minimum absolute atomic E-state index is 0.00407. The lowest BCUT2D eigenvalue weighted by molar-refractivity contribution is -0.889. The van der Waals surface area contributed by atoms with Gasteiger partial charge in [-0.25, -0.2) is 0 Å². The summed E-state index contributed by atoms with van der Waals surface area (Å²) in [5, 5.41) is 11.5. The molecule has 8 heteroatoms. The molecule has 0 heterocycles. The van der Waals surface area contributed by atoms with Crippen LogP contribution in [0.3, 0.4) is 0 Å². The van der Waals surface area contributed by atoms with Gasteiger partial charge in [-0.3, -0.25) is 9.59 Å². The van der Waals surface area contributed by atoms with Crippen molar-refractivity contribution in [2.45, 2.75) is 96.6 Å². The average Bonchev–Trinajstić information content (AvgIpc) is 2.89. The van der Waals surface area contributed by atoms with Gasteiger partial charge in [0.1, 0.15) is 12.6 Å². The number of ether oxygens (including phenoxy) is 3. The number of carbonyl (C=O) groups is 3. The van der Waals surface area contributed by atoms with Gasteiger partial charge in [0.25, 0.3) is 0 Å². The molecule has 0 saturated carbocycles. The topological polar surface area (TPSA) is 102 Å². The van der Waals surface area contributed by atoms with Crippen molar-refractivity contribution < 1.29 is 38.2 Å². The third-order valence-electron chi connectivity index (χ3n) is 6.00. The molecule has 0 aliphatic rings. The summed E-state index contributed by atoms with van der Waals surface area (Å²) < 4.78 is 16.7. The Morgan fingerprint density at radius 2 is 1.45 bits per heavy atom. The van der Waals surface area contributed by atoms with E-state index in [4.69, 9.17) is 14.2 Å². The molecule has 0 aromatic heterocycles. The van der Waals surface area contributed by atoms with E-state index in [9.17, 15) is 19.5 Å². The van der Waals surface area contributed by atoms with Crippen molar-refractivity contribution in [3.63, 3.8) is 0 Å². The highest BCUT2D eigenvalue weighted by Crippen LogP contribution is 2.09. The number of carbonyl (C=O) groups excluding carboxylic acids is 3. The van der Waals surface area contributed by atoms with E-state index >= 15 is 0 Å². The molecular formula is C32H53NO7. The number of hydrogen-bond donors (Lipinski definition) is 0. The lowest BCUT2D eigenvalue weighted by Crippen LogP contribution is -2.55. The van der Waals surface area contributed by atoms with Crippen molar-refractivity contribution in [1.29, 1.82) is 0 Å². The highest BCUT2D eigenvalue weighted by molar-refractivity contribution is 5.71. The van der Waals surface area contributed by atoms with E-state index in [2.05, 4.69) is 38.2 Å². The van der Waals surface area contributed by atoms with Gasteiger partial charge in [0.05, 0.1) is 46.7 Å². The van der Waals surface area contributed by atoms with Crippen LogP contribution in [-0.4, -0.2) is 75.5 Å². The van der Waals surface area contributed by atoms with Gasteiger partial charge in [0.15, 0.2) is 6.10 Å². The predicted octanol–water partition coefficient (Wildman–Crippen LogP) is 4.84. The van der Waals surface area contributed by atoms with Crippen molar-refractivity contribution in [3.05, 3.63) is 48.6 Å². The van der Waals surface area contributed by atoms with Crippen LogP contribution in [0.15, 0.2) is 48.6 Å². The fourth-order valence-corrected chi connectivity index (χ4v) is 3.67. The molecule has 0 aliphatic carbocycles. The zero-order valence-electron chi connectivity index (χ0n) is 25.5. The van der Waals surface area contributed by atoms with Gasteiger partial charge in [0.2, 0.25) is 0 Å². The van der Waals surface area contributed by atoms with Crippen LogP contribution in [0.4, 0.5) is 0 Å². The number of quaternary nitrogens is 1. The molecule has 0 aliphatic heterocycles. The van der Waals surface area contributed by atoms with E-state index in [0.29, 0.717) is 6.42 Å². The van der Waals surface area contributed by atoms with Gasteiger partial charge in [0, 0.05) is 12.8 Å². The van der Waals surface area contributed by atoms with E-state index < -0.39 is 30.1 Å². The minimum atomic E-state index is -1.15. The van der Waals surface area contributed by atoms with Crippen molar-refractivity contribution in [2.24, 2.45) is 0 Å². The Kier molecular flexibility index (Phi) is 22.5. The summed E-state index contributed by atoms with van der Waals surface area (Å²) in [5.74, 6) is -1.97. The van der Waals surface area contributed by atoms with Crippen LogP contribution in [0.25, 0.3) is 0 Å². The Balaban J connectivity index is 4.72. The van der Waals surface area contributed by atoms with Crippen molar-refractivity contribution in [1.82, 2.24) is 0 Å². The summed E-state index contributed by atoms with van der Waals surface area (Å²) in [6, 6.07) is -0.739. The third-order valence-corrected chi connectivity index (χ3v) is 6.00. The predicted molar refractivity (Wildman–Crippen MR) is 157 cm³/mol. The maximum absolute atomic E-state index is 12.4. The highest BCUT2D eigenvalue weighted by atomic mass is 16.6. The number of rotatable bonds is 24. The summed E-state index contributed by atoms with van der Waals surface area (Å²) >= 11 is 0. The summed E-state index contributed by atoms with van der Waals surface area (Å²) in [7, 11) is 5.33. The number of nitrogens with zero attached hydrogens (tertiary/aromatic N) is 1.